The van der Waals surface area contributed by atoms with Crippen molar-refractivity contribution in [1.29, 1.82) is 0 Å². The number of amides is 2. The Labute approximate surface area is 122 Å². The number of benzene rings is 1. The van der Waals surface area contributed by atoms with Crippen molar-refractivity contribution in [2.75, 3.05) is 6.54 Å². The summed E-state index contributed by atoms with van der Waals surface area (Å²) in [6.07, 6.45) is -1.61. The number of carboxylic acid groups (broad SMARTS) is 1. The summed E-state index contributed by atoms with van der Waals surface area (Å²) in [5.74, 6) is -2.16. The standard InChI is InChI=1S/C14H18N2O5/c1-9(12(18)15-8-7-11(17)14(20)21)16-13(19)10-5-3-2-4-6-10/h2-6,9,11,17H,7-8H2,1H3,(H,15,18)(H,16,19)(H,20,21)/t9?,11-/m0/s1. The zero-order chi connectivity index (χ0) is 15.8. The first-order valence-electron chi connectivity index (χ1n) is 6.46. The predicted molar refractivity (Wildman–Crippen MR) is 74.6 cm³/mol. The molecule has 114 valence electrons. The van der Waals surface area contributed by atoms with Crippen LogP contribution in [-0.4, -0.2) is 46.7 Å². The first kappa shape index (κ1) is 16.6. The Hall–Kier alpha value is -2.41. The van der Waals surface area contributed by atoms with Gasteiger partial charge in [0.25, 0.3) is 5.91 Å². The van der Waals surface area contributed by atoms with Crippen LogP contribution in [0.15, 0.2) is 30.3 Å². The van der Waals surface area contributed by atoms with Crippen molar-refractivity contribution < 1.29 is 24.6 Å². The Morgan fingerprint density at radius 3 is 2.38 bits per heavy atom. The quantitative estimate of drug-likeness (QED) is 0.554. The number of hydrogen-bond acceptors (Lipinski definition) is 4. The Morgan fingerprint density at radius 1 is 1.19 bits per heavy atom. The van der Waals surface area contributed by atoms with E-state index in [1.165, 1.54) is 6.92 Å². The third-order valence-corrected chi connectivity index (χ3v) is 2.78. The normalized spacial score (nSPS) is 13.0. The smallest absolute Gasteiger partial charge is 0.332 e. The maximum atomic E-state index is 11.8. The van der Waals surface area contributed by atoms with E-state index in [1.54, 1.807) is 30.3 Å². The van der Waals surface area contributed by atoms with Gasteiger partial charge >= 0.3 is 5.97 Å². The molecule has 0 aliphatic carbocycles. The Kier molecular flexibility index (Phi) is 6.35. The fraction of sp³-hybridized carbons (Fsp3) is 0.357. The van der Waals surface area contributed by atoms with Gasteiger partial charge in [0.2, 0.25) is 5.91 Å². The van der Waals surface area contributed by atoms with Gasteiger partial charge in [0.05, 0.1) is 0 Å². The van der Waals surface area contributed by atoms with Crippen molar-refractivity contribution in [3.63, 3.8) is 0 Å². The summed E-state index contributed by atoms with van der Waals surface area (Å²) in [7, 11) is 0. The number of aliphatic hydroxyl groups is 1. The number of aliphatic hydroxyl groups excluding tert-OH is 1. The highest BCUT2D eigenvalue weighted by atomic mass is 16.4. The maximum Gasteiger partial charge on any atom is 0.332 e. The van der Waals surface area contributed by atoms with E-state index in [1.807, 2.05) is 0 Å². The summed E-state index contributed by atoms with van der Waals surface area (Å²) in [5, 5.41) is 22.5. The Morgan fingerprint density at radius 2 is 1.81 bits per heavy atom. The van der Waals surface area contributed by atoms with Gasteiger partial charge in [0, 0.05) is 18.5 Å². The topological polar surface area (TPSA) is 116 Å². The highest BCUT2D eigenvalue weighted by Gasteiger charge is 2.17. The molecule has 7 nitrogen and oxygen atoms in total. The molecule has 1 rings (SSSR count). The van der Waals surface area contributed by atoms with Gasteiger partial charge in [0.1, 0.15) is 6.04 Å². The second-order valence-corrected chi connectivity index (χ2v) is 4.49. The molecular weight excluding hydrogens is 276 g/mol. The van der Waals surface area contributed by atoms with E-state index >= 15 is 0 Å². The van der Waals surface area contributed by atoms with Crippen molar-refractivity contribution in [3.8, 4) is 0 Å². The van der Waals surface area contributed by atoms with Gasteiger partial charge in [-0.2, -0.15) is 0 Å². The SMILES string of the molecule is CC(NC(=O)c1ccccc1)C(=O)NCC[C@H](O)C(=O)O. The zero-order valence-corrected chi connectivity index (χ0v) is 11.6. The van der Waals surface area contributed by atoms with Crippen molar-refractivity contribution >= 4 is 17.8 Å². The average molecular weight is 294 g/mol. The molecule has 0 fully saturated rings. The van der Waals surface area contributed by atoms with Crippen LogP contribution in [0, 0.1) is 0 Å². The summed E-state index contributed by atoms with van der Waals surface area (Å²) in [4.78, 5) is 33.9. The van der Waals surface area contributed by atoms with Crippen LogP contribution in [0.5, 0.6) is 0 Å². The molecule has 1 aromatic rings. The molecule has 2 amide bonds. The van der Waals surface area contributed by atoms with E-state index in [-0.39, 0.29) is 18.9 Å². The number of carbonyl (C=O) groups excluding carboxylic acids is 2. The molecule has 0 aromatic heterocycles. The molecule has 0 radical (unpaired) electrons. The highest BCUT2D eigenvalue weighted by Crippen LogP contribution is 1.99. The van der Waals surface area contributed by atoms with E-state index in [0.29, 0.717) is 5.56 Å². The number of aliphatic carboxylic acids is 1. The largest absolute Gasteiger partial charge is 0.479 e. The second kappa shape index (κ2) is 8.01. The second-order valence-electron chi connectivity index (χ2n) is 4.49. The van der Waals surface area contributed by atoms with Crippen LogP contribution in [0.4, 0.5) is 0 Å². The minimum absolute atomic E-state index is 0.0118. The predicted octanol–water partition coefficient (Wildman–Crippen LogP) is -0.243. The van der Waals surface area contributed by atoms with Gasteiger partial charge in [-0.25, -0.2) is 4.79 Å². The molecule has 0 saturated carbocycles. The highest BCUT2D eigenvalue weighted by molar-refractivity contribution is 5.97. The Bertz CT molecular complexity index is 503. The molecule has 21 heavy (non-hydrogen) atoms. The van der Waals surface area contributed by atoms with Gasteiger partial charge in [0.15, 0.2) is 6.10 Å². The maximum absolute atomic E-state index is 11.8. The molecule has 0 heterocycles. The van der Waals surface area contributed by atoms with Crippen LogP contribution in [0.3, 0.4) is 0 Å². The molecule has 0 saturated heterocycles. The molecule has 0 bridgehead atoms. The number of nitrogens with one attached hydrogen (secondary N) is 2. The van der Waals surface area contributed by atoms with E-state index in [4.69, 9.17) is 10.2 Å². The van der Waals surface area contributed by atoms with E-state index in [9.17, 15) is 14.4 Å². The molecule has 2 atom stereocenters. The summed E-state index contributed by atoms with van der Waals surface area (Å²) >= 11 is 0. The number of carbonyl (C=O) groups is 3. The minimum Gasteiger partial charge on any atom is -0.479 e. The van der Waals surface area contributed by atoms with Crippen molar-refractivity contribution in [3.05, 3.63) is 35.9 Å². The van der Waals surface area contributed by atoms with E-state index < -0.39 is 24.0 Å². The summed E-state index contributed by atoms with van der Waals surface area (Å²) in [6.45, 7) is 1.53. The lowest BCUT2D eigenvalue weighted by atomic mass is 10.2. The average Bonchev–Trinajstić information content (AvgIpc) is 2.47. The van der Waals surface area contributed by atoms with Crippen LogP contribution in [0.2, 0.25) is 0 Å². The van der Waals surface area contributed by atoms with Crippen LogP contribution in [-0.2, 0) is 9.59 Å². The lowest BCUT2D eigenvalue weighted by Gasteiger charge is -2.14. The van der Waals surface area contributed by atoms with Gasteiger partial charge in [-0.15, -0.1) is 0 Å². The third kappa shape index (κ3) is 5.62. The first-order valence-corrected chi connectivity index (χ1v) is 6.46. The Balaban J connectivity index is 2.38. The van der Waals surface area contributed by atoms with E-state index in [2.05, 4.69) is 10.6 Å². The third-order valence-electron chi connectivity index (χ3n) is 2.78. The van der Waals surface area contributed by atoms with Crippen LogP contribution in [0.1, 0.15) is 23.7 Å². The number of carboxylic acids is 1. The molecule has 0 spiro atoms. The van der Waals surface area contributed by atoms with E-state index in [0.717, 1.165) is 0 Å². The molecule has 0 aliphatic heterocycles. The van der Waals surface area contributed by atoms with Gasteiger partial charge in [-0.1, -0.05) is 18.2 Å². The lowest BCUT2D eigenvalue weighted by Crippen LogP contribution is -2.45. The molecule has 7 heteroatoms. The summed E-state index contributed by atoms with van der Waals surface area (Å²) in [5.41, 5.74) is 0.443. The minimum atomic E-state index is -1.51. The summed E-state index contributed by atoms with van der Waals surface area (Å²) < 4.78 is 0. The monoisotopic (exact) mass is 294 g/mol. The molecule has 1 aromatic carbocycles. The number of hydrogen-bond donors (Lipinski definition) is 4. The van der Waals surface area contributed by atoms with Crippen molar-refractivity contribution in [2.45, 2.75) is 25.5 Å². The van der Waals surface area contributed by atoms with Crippen LogP contribution >= 0.6 is 0 Å². The molecular formula is C14H18N2O5. The molecule has 4 N–H and O–H groups in total. The van der Waals surface area contributed by atoms with Crippen molar-refractivity contribution in [2.24, 2.45) is 0 Å². The van der Waals surface area contributed by atoms with Gasteiger partial charge in [-0.3, -0.25) is 9.59 Å². The van der Waals surface area contributed by atoms with Crippen LogP contribution < -0.4 is 10.6 Å². The lowest BCUT2D eigenvalue weighted by molar-refractivity contribution is -0.147. The fourth-order valence-corrected chi connectivity index (χ4v) is 1.54. The van der Waals surface area contributed by atoms with Crippen LogP contribution in [0.25, 0.3) is 0 Å². The number of rotatable bonds is 7. The molecule has 0 aliphatic rings. The van der Waals surface area contributed by atoms with Crippen molar-refractivity contribution in [1.82, 2.24) is 10.6 Å². The first-order chi connectivity index (χ1) is 9.91. The summed E-state index contributed by atoms with van der Waals surface area (Å²) in [6, 6.07) is 7.70. The van der Waals surface area contributed by atoms with Gasteiger partial charge in [-0.05, 0) is 19.1 Å². The fourth-order valence-electron chi connectivity index (χ4n) is 1.54. The zero-order valence-electron chi connectivity index (χ0n) is 11.6. The molecule has 1 unspecified atom stereocenters. The van der Waals surface area contributed by atoms with Gasteiger partial charge < -0.3 is 20.8 Å².